The maximum atomic E-state index is 6.14. The van der Waals surface area contributed by atoms with Crippen LogP contribution in [0.3, 0.4) is 0 Å². The summed E-state index contributed by atoms with van der Waals surface area (Å²) < 4.78 is 12.1. The third kappa shape index (κ3) is 5.53. The van der Waals surface area contributed by atoms with Crippen molar-refractivity contribution in [1.82, 2.24) is 5.43 Å². The zero-order valence-corrected chi connectivity index (χ0v) is 17.1. The zero-order valence-electron chi connectivity index (χ0n) is 14.0. The fourth-order valence-corrected chi connectivity index (χ4v) is 3.26. The second kappa shape index (κ2) is 9.90. The summed E-state index contributed by atoms with van der Waals surface area (Å²) >= 11 is 15.8. The highest BCUT2D eigenvalue weighted by Crippen LogP contribution is 2.36. The Bertz CT molecular complexity index is 734. The summed E-state index contributed by atoms with van der Waals surface area (Å²) in [6.07, 6.45) is 1.70. The number of hydrogen-bond acceptors (Lipinski definition) is 4. The van der Waals surface area contributed by atoms with Gasteiger partial charge >= 0.3 is 0 Å². The molecule has 2 aromatic rings. The molecule has 0 aromatic heterocycles. The molecule has 2 rings (SSSR count). The van der Waals surface area contributed by atoms with Crippen molar-refractivity contribution < 1.29 is 9.47 Å². The molecule has 1 N–H and O–H groups in total. The Morgan fingerprint density at radius 2 is 1.80 bits per heavy atom. The van der Waals surface area contributed by atoms with E-state index >= 15 is 0 Å². The van der Waals surface area contributed by atoms with Crippen molar-refractivity contribution in [2.75, 3.05) is 13.2 Å². The van der Waals surface area contributed by atoms with Gasteiger partial charge in [0, 0.05) is 15.6 Å². The number of nitrogens with one attached hydrogen (secondary N) is 1. The van der Waals surface area contributed by atoms with E-state index in [1.165, 1.54) is 0 Å². The lowest BCUT2D eigenvalue weighted by atomic mass is 10.2. The van der Waals surface area contributed by atoms with E-state index in [0.717, 1.165) is 15.6 Å². The molecule has 0 aliphatic heterocycles. The molecule has 0 radical (unpaired) electrons. The molecule has 0 saturated carbocycles. The summed E-state index contributed by atoms with van der Waals surface area (Å²) in [5.74, 6) is 1.37. The lowest BCUT2D eigenvalue weighted by Crippen LogP contribution is -2.07. The van der Waals surface area contributed by atoms with Gasteiger partial charge in [0.05, 0.1) is 30.4 Å². The molecule has 2 aromatic carbocycles. The average Bonchev–Trinajstić information content (AvgIpc) is 2.57. The SMILES string of the molecule is CCOc1cc(/C=N/NCc2c(Cl)cccc2Cl)cc(Br)c1OCC. The van der Waals surface area contributed by atoms with Gasteiger partial charge in [0.1, 0.15) is 0 Å². The van der Waals surface area contributed by atoms with Crippen molar-refractivity contribution in [3.63, 3.8) is 0 Å². The lowest BCUT2D eigenvalue weighted by Gasteiger charge is -2.13. The monoisotopic (exact) mass is 444 g/mol. The van der Waals surface area contributed by atoms with Crippen molar-refractivity contribution in [2.45, 2.75) is 20.4 Å². The summed E-state index contributed by atoms with van der Waals surface area (Å²) in [4.78, 5) is 0. The minimum atomic E-state index is 0.436. The molecule has 0 atom stereocenters. The van der Waals surface area contributed by atoms with Crippen LogP contribution in [0, 0.1) is 0 Å². The molecular weight excluding hydrogens is 427 g/mol. The van der Waals surface area contributed by atoms with Gasteiger partial charge in [0.15, 0.2) is 11.5 Å². The number of hydrazone groups is 1. The fraction of sp³-hybridized carbons (Fsp3) is 0.278. The number of rotatable bonds is 8. The first kappa shape index (κ1) is 19.9. The molecule has 0 saturated heterocycles. The van der Waals surface area contributed by atoms with Crippen LogP contribution >= 0.6 is 39.1 Å². The molecular formula is C18H19BrCl2N2O2. The van der Waals surface area contributed by atoms with Gasteiger partial charge < -0.3 is 14.9 Å². The van der Waals surface area contributed by atoms with Crippen molar-refractivity contribution in [1.29, 1.82) is 0 Å². The van der Waals surface area contributed by atoms with E-state index in [-0.39, 0.29) is 0 Å². The normalized spacial score (nSPS) is 10.9. The molecule has 4 nitrogen and oxygen atoms in total. The van der Waals surface area contributed by atoms with Gasteiger partial charge in [-0.2, -0.15) is 5.10 Å². The summed E-state index contributed by atoms with van der Waals surface area (Å²) in [6, 6.07) is 9.20. The lowest BCUT2D eigenvalue weighted by molar-refractivity contribution is 0.286. The van der Waals surface area contributed by atoms with Crippen LogP contribution in [-0.2, 0) is 6.54 Å². The maximum Gasteiger partial charge on any atom is 0.175 e. The minimum absolute atomic E-state index is 0.436. The van der Waals surface area contributed by atoms with E-state index in [2.05, 4.69) is 26.5 Å². The molecule has 0 spiro atoms. The highest BCUT2D eigenvalue weighted by Gasteiger charge is 2.11. The first-order chi connectivity index (χ1) is 12.1. The van der Waals surface area contributed by atoms with E-state index in [4.69, 9.17) is 32.7 Å². The van der Waals surface area contributed by atoms with Gasteiger partial charge in [-0.05, 0) is 59.6 Å². The number of nitrogens with zero attached hydrogens (tertiary/aromatic N) is 1. The van der Waals surface area contributed by atoms with Crippen LogP contribution in [0.5, 0.6) is 11.5 Å². The van der Waals surface area contributed by atoms with Crippen LogP contribution in [-0.4, -0.2) is 19.4 Å². The van der Waals surface area contributed by atoms with Gasteiger partial charge in [-0.15, -0.1) is 0 Å². The molecule has 134 valence electrons. The van der Waals surface area contributed by atoms with Crippen LogP contribution in [0.1, 0.15) is 25.0 Å². The highest BCUT2D eigenvalue weighted by atomic mass is 79.9. The topological polar surface area (TPSA) is 42.8 Å². The molecule has 0 aliphatic carbocycles. The van der Waals surface area contributed by atoms with E-state index < -0.39 is 0 Å². The van der Waals surface area contributed by atoms with Gasteiger partial charge in [0.25, 0.3) is 0 Å². The zero-order chi connectivity index (χ0) is 18.2. The number of ether oxygens (including phenoxy) is 2. The van der Waals surface area contributed by atoms with E-state index in [1.54, 1.807) is 18.3 Å². The van der Waals surface area contributed by atoms with Crippen molar-refractivity contribution >= 4 is 45.3 Å². The minimum Gasteiger partial charge on any atom is -0.490 e. The van der Waals surface area contributed by atoms with Gasteiger partial charge in [-0.1, -0.05) is 29.3 Å². The van der Waals surface area contributed by atoms with Gasteiger partial charge in [-0.3, -0.25) is 0 Å². The van der Waals surface area contributed by atoms with Crippen LogP contribution < -0.4 is 14.9 Å². The van der Waals surface area contributed by atoms with Crippen molar-refractivity contribution in [3.05, 3.63) is 56.0 Å². The van der Waals surface area contributed by atoms with Crippen molar-refractivity contribution in [2.24, 2.45) is 5.10 Å². The Hall–Kier alpha value is -1.43. The van der Waals surface area contributed by atoms with Crippen LogP contribution in [0.25, 0.3) is 0 Å². The van der Waals surface area contributed by atoms with Crippen LogP contribution in [0.2, 0.25) is 10.0 Å². The third-order valence-corrected chi connectivity index (χ3v) is 4.54. The predicted molar refractivity (Wildman–Crippen MR) is 107 cm³/mol. The van der Waals surface area contributed by atoms with E-state index in [0.29, 0.717) is 41.3 Å². The van der Waals surface area contributed by atoms with Crippen LogP contribution in [0.15, 0.2) is 39.9 Å². The molecule has 0 bridgehead atoms. The average molecular weight is 446 g/mol. The summed E-state index contributed by atoms with van der Waals surface area (Å²) in [5, 5.41) is 5.45. The molecule has 0 amide bonds. The molecule has 0 heterocycles. The summed E-state index contributed by atoms with van der Waals surface area (Å²) in [5.41, 5.74) is 4.64. The highest BCUT2D eigenvalue weighted by molar-refractivity contribution is 9.10. The maximum absolute atomic E-state index is 6.14. The Kier molecular flexibility index (Phi) is 7.88. The number of halogens is 3. The Morgan fingerprint density at radius 1 is 1.12 bits per heavy atom. The Labute approximate surface area is 166 Å². The first-order valence-electron chi connectivity index (χ1n) is 7.84. The second-order valence-electron chi connectivity index (χ2n) is 4.99. The smallest absolute Gasteiger partial charge is 0.175 e. The molecule has 0 aliphatic rings. The molecule has 7 heteroatoms. The standard InChI is InChI=1S/C18H19BrCl2N2O2/c1-3-24-17-9-12(8-14(19)18(17)25-4-2)10-22-23-11-13-15(20)6-5-7-16(13)21/h5-10,23H,3-4,11H2,1-2H3/b22-10+. The largest absolute Gasteiger partial charge is 0.490 e. The predicted octanol–water partition coefficient (Wildman–Crippen LogP) is 5.68. The van der Waals surface area contributed by atoms with Gasteiger partial charge in [-0.25, -0.2) is 0 Å². The molecule has 0 fully saturated rings. The fourth-order valence-electron chi connectivity index (χ4n) is 2.16. The van der Waals surface area contributed by atoms with E-state index in [1.807, 2.05) is 32.0 Å². The third-order valence-electron chi connectivity index (χ3n) is 3.24. The number of hydrogen-bond donors (Lipinski definition) is 1. The molecule has 25 heavy (non-hydrogen) atoms. The van der Waals surface area contributed by atoms with Crippen LogP contribution in [0.4, 0.5) is 0 Å². The van der Waals surface area contributed by atoms with Gasteiger partial charge in [0.2, 0.25) is 0 Å². The Balaban J connectivity index is 2.10. The first-order valence-corrected chi connectivity index (χ1v) is 9.39. The second-order valence-corrected chi connectivity index (χ2v) is 6.66. The number of benzene rings is 2. The van der Waals surface area contributed by atoms with Crippen molar-refractivity contribution in [3.8, 4) is 11.5 Å². The summed E-state index contributed by atoms with van der Waals surface area (Å²) in [6.45, 7) is 5.41. The van der Waals surface area contributed by atoms with E-state index in [9.17, 15) is 0 Å². The Morgan fingerprint density at radius 3 is 2.44 bits per heavy atom. The summed E-state index contributed by atoms with van der Waals surface area (Å²) in [7, 11) is 0. The quantitative estimate of drug-likeness (QED) is 0.420. The molecule has 0 unspecified atom stereocenters.